The molecule has 0 aromatic heterocycles. The molecule has 1 aromatic rings. The van der Waals surface area contributed by atoms with Crippen LogP contribution in [-0.4, -0.2) is 29.5 Å². The first kappa shape index (κ1) is 14.4. The summed E-state index contributed by atoms with van der Waals surface area (Å²) in [4.78, 5) is 12.0. The smallest absolute Gasteiger partial charge is 0.237 e. The highest BCUT2D eigenvalue weighted by molar-refractivity contribution is 8.00. The van der Waals surface area contributed by atoms with Gasteiger partial charge in [0.1, 0.15) is 0 Å². The van der Waals surface area contributed by atoms with E-state index in [0.717, 1.165) is 12.1 Å². The van der Waals surface area contributed by atoms with Gasteiger partial charge >= 0.3 is 0 Å². The Bertz CT molecular complexity index is 412. The molecule has 1 atom stereocenters. The predicted molar refractivity (Wildman–Crippen MR) is 81.2 cm³/mol. The van der Waals surface area contributed by atoms with Crippen LogP contribution >= 0.6 is 11.8 Å². The van der Waals surface area contributed by atoms with Crippen molar-refractivity contribution in [2.45, 2.75) is 36.5 Å². The van der Waals surface area contributed by atoms with Crippen molar-refractivity contribution < 1.29 is 4.79 Å². The Kier molecular flexibility index (Phi) is 4.88. The number of hydrogen-bond donors (Lipinski definition) is 2. The summed E-state index contributed by atoms with van der Waals surface area (Å²) in [5, 5.41) is 3.01. The van der Waals surface area contributed by atoms with Gasteiger partial charge in [-0.1, -0.05) is 36.8 Å². The van der Waals surface area contributed by atoms with Gasteiger partial charge in [-0.3, -0.25) is 4.79 Å². The third-order valence-corrected chi connectivity index (χ3v) is 5.34. The second kappa shape index (κ2) is 6.44. The van der Waals surface area contributed by atoms with E-state index < -0.39 is 6.04 Å². The van der Waals surface area contributed by atoms with Crippen molar-refractivity contribution in [3.8, 4) is 0 Å². The Morgan fingerprint density at radius 2 is 2.11 bits per heavy atom. The fourth-order valence-electron chi connectivity index (χ4n) is 2.36. The number of benzene rings is 1. The zero-order chi connectivity index (χ0) is 13.7. The first-order chi connectivity index (χ1) is 9.15. The Hall–Kier alpha value is -1.00. The molecule has 0 aliphatic heterocycles. The van der Waals surface area contributed by atoms with E-state index in [1.807, 2.05) is 42.1 Å². The average molecular weight is 278 g/mol. The number of rotatable bonds is 6. The lowest BCUT2D eigenvalue weighted by Gasteiger charge is -2.40. The summed E-state index contributed by atoms with van der Waals surface area (Å²) in [6, 6.07) is 9.45. The van der Waals surface area contributed by atoms with Crippen LogP contribution in [0.3, 0.4) is 0 Å². The molecular weight excluding hydrogens is 256 g/mol. The van der Waals surface area contributed by atoms with Crippen LogP contribution in [-0.2, 0) is 11.2 Å². The van der Waals surface area contributed by atoms with Gasteiger partial charge in [0.15, 0.2) is 0 Å². The summed E-state index contributed by atoms with van der Waals surface area (Å²) in [7, 11) is 0. The molecule has 0 bridgehead atoms. The summed E-state index contributed by atoms with van der Waals surface area (Å²) < 4.78 is 0.266. The third-order valence-electron chi connectivity index (χ3n) is 3.92. The molecule has 1 aliphatic carbocycles. The molecule has 4 heteroatoms. The summed E-state index contributed by atoms with van der Waals surface area (Å²) in [5.41, 5.74) is 7.07. The number of nitrogens with two attached hydrogens (primary N) is 1. The molecule has 1 aromatic carbocycles. The van der Waals surface area contributed by atoms with Crippen LogP contribution in [0.4, 0.5) is 0 Å². The lowest BCUT2D eigenvalue weighted by Crippen LogP contribution is -2.50. The zero-order valence-electron chi connectivity index (χ0n) is 11.4. The van der Waals surface area contributed by atoms with Crippen molar-refractivity contribution in [2.75, 3.05) is 12.8 Å². The average Bonchev–Trinajstić information content (AvgIpc) is 2.39. The Labute approximate surface area is 119 Å². The van der Waals surface area contributed by atoms with Gasteiger partial charge in [-0.2, -0.15) is 11.8 Å². The Balaban J connectivity index is 1.79. The first-order valence-electron chi connectivity index (χ1n) is 6.78. The molecule has 3 nitrogen and oxygen atoms in total. The number of carbonyl (C=O) groups excluding carboxylic acids is 1. The van der Waals surface area contributed by atoms with Gasteiger partial charge in [-0.25, -0.2) is 0 Å². The minimum Gasteiger partial charge on any atom is -0.353 e. The van der Waals surface area contributed by atoms with Crippen molar-refractivity contribution >= 4 is 17.7 Å². The fraction of sp³-hybridized carbons (Fsp3) is 0.533. The predicted octanol–water partition coefficient (Wildman–Crippen LogP) is 1.96. The molecule has 19 heavy (non-hydrogen) atoms. The van der Waals surface area contributed by atoms with Crippen LogP contribution in [0.5, 0.6) is 0 Å². The lowest BCUT2D eigenvalue weighted by molar-refractivity contribution is -0.122. The molecule has 1 amide bonds. The maximum absolute atomic E-state index is 12.0. The molecule has 0 radical (unpaired) electrons. The number of hydrogen-bond acceptors (Lipinski definition) is 3. The van der Waals surface area contributed by atoms with Crippen LogP contribution in [0.1, 0.15) is 24.8 Å². The molecule has 0 spiro atoms. The molecule has 0 unspecified atom stereocenters. The highest BCUT2D eigenvalue weighted by atomic mass is 32.2. The standard InChI is InChI=1S/C15H22N2OS/c1-19-15(8-5-9-15)11-17-14(18)13(16)10-12-6-3-2-4-7-12/h2-4,6-7,13H,5,8-11,16H2,1H3,(H,17,18)/t13-/m1/s1. The fourth-order valence-corrected chi connectivity index (χ4v) is 3.28. The SMILES string of the molecule is CSC1(CNC(=O)[C@H](N)Cc2ccccc2)CCC1. The quantitative estimate of drug-likeness (QED) is 0.836. The monoisotopic (exact) mass is 278 g/mol. The Morgan fingerprint density at radius 3 is 2.63 bits per heavy atom. The molecule has 0 saturated heterocycles. The summed E-state index contributed by atoms with van der Waals surface area (Å²) in [6.07, 6.45) is 6.38. The molecular formula is C15H22N2OS. The highest BCUT2D eigenvalue weighted by Gasteiger charge is 2.36. The lowest BCUT2D eigenvalue weighted by atomic mass is 9.84. The van der Waals surface area contributed by atoms with E-state index in [1.54, 1.807) is 0 Å². The van der Waals surface area contributed by atoms with Crippen LogP contribution in [0, 0.1) is 0 Å². The highest BCUT2D eigenvalue weighted by Crippen LogP contribution is 2.42. The number of thioether (sulfide) groups is 1. The van der Waals surface area contributed by atoms with E-state index in [-0.39, 0.29) is 10.7 Å². The zero-order valence-corrected chi connectivity index (χ0v) is 12.2. The molecule has 1 saturated carbocycles. The Morgan fingerprint density at radius 1 is 1.42 bits per heavy atom. The van der Waals surface area contributed by atoms with Crippen LogP contribution in [0.2, 0.25) is 0 Å². The third kappa shape index (κ3) is 3.74. The minimum absolute atomic E-state index is 0.0378. The summed E-state index contributed by atoms with van der Waals surface area (Å²) >= 11 is 1.86. The van der Waals surface area contributed by atoms with Gasteiger partial charge in [0.2, 0.25) is 5.91 Å². The van der Waals surface area contributed by atoms with E-state index in [9.17, 15) is 4.79 Å². The normalized spacial score (nSPS) is 18.4. The summed E-state index contributed by atoms with van der Waals surface area (Å²) in [6.45, 7) is 0.746. The van der Waals surface area contributed by atoms with Gasteiger partial charge in [0, 0.05) is 11.3 Å². The van der Waals surface area contributed by atoms with Crippen molar-refractivity contribution in [3.05, 3.63) is 35.9 Å². The molecule has 3 N–H and O–H groups in total. The number of nitrogens with one attached hydrogen (secondary N) is 1. The van der Waals surface area contributed by atoms with E-state index in [2.05, 4.69) is 11.6 Å². The maximum atomic E-state index is 12.0. The number of carbonyl (C=O) groups is 1. The topological polar surface area (TPSA) is 55.1 Å². The molecule has 104 valence electrons. The van der Waals surface area contributed by atoms with Crippen LogP contribution in [0.25, 0.3) is 0 Å². The van der Waals surface area contributed by atoms with E-state index in [1.165, 1.54) is 19.3 Å². The second-order valence-corrected chi connectivity index (χ2v) is 6.53. The van der Waals surface area contributed by atoms with Crippen molar-refractivity contribution in [1.82, 2.24) is 5.32 Å². The number of amides is 1. The van der Waals surface area contributed by atoms with Crippen LogP contribution in [0.15, 0.2) is 30.3 Å². The molecule has 0 heterocycles. The first-order valence-corrected chi connectivity index (χ1v) is 8.00. The van der Waals surface area contributed by atoms with Crippen molar-refractivity contribution in [2.24, 2.45) is 5.73 Å². The second-order valence-electron chi connectivity index (χ2n) is 5.25. The van der Waals surface area contributed by atoms with E-state index >= 15 is 0 Å². The minimum atomic E-state index is -0.457. The van der Waals surface area contributed by atoms with Crippen molar-refractivity contribution in [3.63, 3.8) is 0 Å². The maximum Gasteiger partial charge on any atom is 0.237 e. The van der Waals surface area contributed by atoms with Gasteiger partial charge in [-0.05, 0) is 31.1 Å². The largest absolute Gasteiger partial charge is 0.353 e. The van der Waals surface area contributed by atoms with Crippen LogP contribution < -0.4 is 11.1 Å². The van der Waals surface area contributed by atoms with Gasteiger partial charge < -0.3 is 11.1 Å². The molecule has 1 aliphatic rings. The summed E-state index contributed by atoms with van der Waals surface area (Å²) in [5.74, 6) is -0.0378. The van der Waals surface area contributed by atoms with Gasteiger partial charge in [0.05, 0.1) is 6.04 Å². The van der Waals surface area contributed by atoms with Crippen molar-refractivity contribution in [1.29, 1.82) is 0 Å². The van der Waals surface area contributed by atoms with E-state index in [0.29, 0.717) is 6.42 Å². The van der Waals surface area contributed by atoms with Gasteiger partial charge in [0.25, 0.3) is 0 Å². The van der Waals surface area contributed by atoms with E-state index in [4.69, 9.17) is 5.73 Å². The van der Waals surface area contributed by atoms with Gasteiger partial charge in [-0.15, -0.1) is 0 Å². The molecule has 1 fully saturated rings. The molecule has 2 rings (SSSR count).